The Balaban J connectivity index is 1.03. The smallest absolute Gasteiger partial charge is 0.247 e. The number of nitriles is 2. The lowest BCUT2D eigenvalue weighted by atomic mass is 9.86. The third-order valence-corrected chi connectivity index (χ3v) is 9.05. The number of nitrogens with one attached hydrogen (secondary N) is 2. The van der Waals surface area contributed by atoms with Crippen LogP contribution in [0.3, 0.4) is 0 Å². The minimum atomic E-state index is -0.375. The predicted molar refractivity (Wildman–Crippen MR) is 172 cm³/mol. The van der Waals surface area contributed by atoms with E-state index in [1.165, 1.54) is 0 Å². The number of fused-ring (bicyclic) bond motifs is 1. The van der Waals surface area contributed by atoms with Crippen LogP contribution in [0.15, 0.2) is 43.1 Å². The van der Waals surface area contributed by atoms with Crippen LogP contribution < -0.4 is 15.5 Å². The van der Waals surface area contributed by atoms with E-state index in [0.717, 1.165) is 50.1 Å². The highest BCUT2D eigenvalue weighted by atomic mass is 16.2. The third-order valence-electron chi connectivity index (χ3n) is 9.05. The maximum Gasteiger partial charge on any atom is 0.247 e. The zero-order chi connectivity index (χ0) is 32.3. The second kappa shape index (κ2) is 12.8. The molecule has 0 radical (unpaired) electrons. The maximum absolute atomic E-state index is 13.0. The number of hydrogen-bond acceptors (Lipinski definition) is 10. The molecule has 2 fully saturated rings. The van der Waals surface area contributed by atoms with Crippen LogP contribution in [0.2, 0.25) is 0 Å². The van der Waals surface area contributed by atoms with Crippen LogP contribution in [0, 0.1) is 34.0 Å². The molecule has 0 bridgehead atoms. The quantitative estimate of drug-likeness (QED) is 0.240. The molecule has 14 nitrogen and oxygen atoms in total. The lowest BCUT2D eigenvalue weighted by Crippen LogP contribution is -2.63. The van der Waals surface area contributed by atoms with Crippen molar-refractivity contribution in [3.05, 3.63) is 48.7 Å². The summed E-state index contributed by atoms with van der Waals surface area (Å²) in [5.74, 6) is 0.977. The molecule has 2 aliphatic heterocycles. The van der Waals surface area contributed by atoms with Crippen molar-refractivity contribution in [2.24, 2.45) is 11.3 Å². The maximum atomic E-state index is 13.0. The van der Waals surface area contributed by atoms with E-state index in [4.69, 9.17) is 4.98 Å². The van der Waals surface area contributed by atoms with Crippen LogP contribution in [0.4, 0.5) is 17.3 Å². The first-order valence-corrected chi connectivity index (χ1v) is 15.9. The highest BCUT2D eigenvalue weighted by molar-refractivity contribution is 5.76. The van der Waals surface area contributed by atoms with E-state index in [1.54, 1.807) is 21.6 Å². The molecule has 240 valence electrons. The Morgan fingerprint density at radius 2 is 1.96 bits per heavy atom. The molecule has 2 aliphatic rings. The number of likely N-dealkylation sites (tertiary alicyclic amines) is 1. The number of hydrogen-bond donors (Lipinski definition) is 2. The van der Waals surface area contributed by atoms with Gasteiger partial charge in [0.05, 0.1) is 47.7 Å². The number of aromatic nitrogens is 7. The van der Waals surface area contributed by atoms with Gasteiger partial charge in [-0.2, -0.15) is 25.7 Å². The van der Waals surface area contributed by atoms with E-state index in [2.05, 4.69) is 49.9 Å². The van der Waals surface area contributed by atoms with Gasteiger partial charge in [-0.25, -0.2) is 4.52 Å². The standard InChI is InChI=1S/C32H41N13O/c1-4-24-15-37-45(17-24)32(9-10-33)22-42(23-32)27-6-5-11-44-29(27)39-30(40-44)38-26-16-36-43(18-26)19-28(46)41-12-7-25(8-13-41)14-35-21-31(2,3)20-34/h5-6,11,15-18,25,35H,4,7-9,12-14,19,21-23H2,1-3H3,(H,38,40). The van der Waals surface area contributed by atoms with Crippen LogP contribution in [0.25, 0.3) is 5.65 Å². The van der Waals surface area contributed by atoms with Gasteiger partial charge in [0.1, 0.15) is 12.1 Å². The van der Waals surface area contributed by atoms with Crippen molar-refractivity contribution in [3.8, 4) is 12.1 Å². The number of anilines is 3. The van der Waals surface area contributed by atoms with Crippen LogP contribution in [0.5, 0.6) is 0 Å². The summed E-state index contributed by atoms with van der Waals surface area (Å²) in [4.78, 5) is 21.9. The number of amides is 1. The SMILES string of the molecule is CCc1cnn(C2(CC#N)CN(c3cccn4nc(Nc5cnn(CC(=O)N6CCC(CNCC(C)(C)C#N)CC6)c5)nc34)C2)c1. The minimum absolute atomic E-state index is 0.0465. The predicted octanol–water partition coefficient (Wildman–Crippen LogP) is 2.94. The third kappa shape index (κ3) is 6.53. The van der Waals surface area contributed by atoms with Crippen molar-refractivity contribution in [2.45, 2.75) is 58.5 Å². The number of piperidine rings is 1. The molecular weight excluding hydrogens is 582 g/mol. The molecule has 0 saturated carbocycles. The Kier molecular flexibility index (Phi) is 8.65. The molecule has 0 aromatic carbocycles. The average molecular weight is 624 g/mol. The molecule has 2 N–H and O–H groups in total. The summed E-state index contributed by atoms with van der Waals surface area (Å²) in [5, 5.41) is 39.0. The largest absolute Gasteiger partial charge is 0.363 e. The van der Waals surface area contributed by atoms with E-state index in [0.29, 0.717) is 49.3 Å². The minimum Gasteiger partial charge on any atom is -0.363 e. The van der Waals surface area contributed by atoms with Gasteiger partial charge < -0.3 is 20.4 Å². The molecule has 6 rings (SSSR count). The normalized spacial score (nSPS) is 16.6. The molecule has 0 spiro atoms. The first-order valence-electron chi connectivity index (χ1n) is 15.9. The van der Waals surface area contributed by atoms with Gasteiger partial charge >= 0.3 is 0 Å². The number of pyridine rings is 1. The Morgan fingerprint density at radius 3 is 2.67 bits per heavy atom. The van der Waals surface area contributed by atoms with Crippen molar-refractivity contribution in [3.63, 3.8) is 0 Å². The summed E-state index contributed by atoms with van der Waals surface area (Å²) >= 11 is 0. The lowest BCUT2D eigenvalue weighted by Gasteiger charge is -2.50. The van der Waals surface area contributed by atoms with Gasteiger partial charge in [0, 0.05) is 51.3 Å². The topological polar surface area (TPSA) is 161 Å². The number of nitrogens with zero attached hydrogens (tertiary/aromatic N) is 11. The molecule has 2 saturated heterocycles. The van der Waals surface area contributed by atoms with E-state index in [-0.39, 0.29) is 23.4 Å². The fourth-order valence-corrected chi connectivity index (χ4v) is 6.21. The average Bonchev–Trinajstić information content (AvgIpc) is 3.79. The summed E-state index contributed by atoms with van der Waals surface area (Å²) in [6, 6.07) is 8.62. The Labute approximate surface area is 268 Å². The second-order valence-corrected chi connectivity index (χ2v) is 13.2. The van der Waals surface area contributed by atoms with Gasteiger partial charge in [-0.05, 0) is 63.3 Å². The number of rotatable bonds is 12. The fourth-order valence-electron chi connectivity index (χ4n) is 6.21. The molecule has 0 atom stereocenters. The van der Waals surface area contributed by atoms with E-state index in [9.17, 15) is 15.3 Å². The number of carbonyl (C=O) groups excluding carboxylic acids is 1. The van der Waals surface area contributed by atoms with Crippen LogP contribution >= 0.6 is 0 Å². The van der Waals surface area contributed by atoms with Gasteiger partial charge in [-0.1, -0.05) is 6.92 Å². The van der Waals surface area contributed by atoms with Crippen molar-refractivity contribution in [1.82, 2.24) is 44.4 Å². The van der Waals surface area contributed by atoms with Crippen molar-refractivity contribution >= 4 is 28.9 Å². The van der Waals surface area contributed by atoms with Crippen LogP contribution in [-0.4, -0.2) is 84.2 Å². The molecule has 46 heavy (non-hydrogen) atoms. The Bertz CT molecular complexity index is 1760. The fraction of sp³-hybridized carbons (Fsp3) is 0.531. The second-order valence-electron chi connectivity index (χ2n) is 13.2. The molecule has 0 unspecified atom stereocenters. The van der Waals surface area contributed by atoms with Gasteiger partial charge in [-0.15, -0.1) is 5.10 Å². The summed E-state index contributed by atoms with van der Waals surface area (Å²) in [7, 11) is 0. The number of aryl methyl sites for hydroxylation is 1. The zero-order valence-corrected chi connectivity index (χ0v) is 26.7. The zero-order valence-electron chi connectivity index (χ0n) is 26.7. The van der Waals surface area contributed by atoms with Crippen molar-refractivity contribution in [2.75, 3.05) is 49.5 Å². The molecule has 14 heteroatoms. The molecule has 4 aromatic heterocycles. The molecule has 0 aliphatic carbocycles. The van der Waals surface area contributed by atoms with Crippen LogP contribution in [0.1, 0.15) is 45.6 Å². The summed E-state index contributed by atoms with van der Waals surface area (Å²) < 4.78 is 5.33. The van der Waals surface area contributed by atoms with Crippen LogP contribution in [-0.2, 0) is 23.3 Å². The van der Waals surface area contributed by atoms with Gasteiger partial charge in [0.25, 0.3) is 0 Å². The summed E-state index contributed by atoms with van der Waals surface area (Å²) in [6.07, 6.45) is 12.4. The Hall–Kier alpha value is -4.95. The monoisotopic (exact) mass is 623 g/mol. The van der Waals surface area contributed by atoms with Gasteiger partial charge in [0.15, 0.2) is 5.65 Å². The molecule has 4 aromatic rings. The Morgan fingerprint density at radius 1 is 1.15 bits per heavy atom. The summed E-state index contributed by atoms with van der Waals surface area (Å²) in [5.41, 5.74) is 2.75. The first kappa shape index (κ1) is 31.0. The van der Waals surface area contributed by atoms with E-state index in [1.807, 2.05) is 54.2 Å². The van der Waals surface area contributed by atoms with Crippen molar-refractivity contribution < 1.29 is 4.79 Å². The van der Waals surface area contributed by atoms with Gasteiger partial charge in [-0.3, -0.25) is 14.2 Å². The molecule has 6 heterocycles. The summed E-state index contributed by atoms with van der Waals surface area (Å²) in [6.45, 7) is 10.4. The van der Waals surface area contributed by atoms with E-state index >= 15 is 0 Å². The van der Waals surface area contributed by atoms with Crippen molar-refractivity contribution in [1.29, 1.82) is 10.5 Å². The lowest BCUT2D eigenvalue weighted by molar-refractivity contribution is -0.133. The highest BCUT2D eigenvalue weighted by Crippen LogP contribution is 2.37. The van der Waals surface area contributed by atoms with E-state index < -0.39 is 0 Å². The first-order chi connectivity index (χ1) is 22.2. The molecule has 1 amide bonds. The van der Waals surface area contributed by atoms with Gasteiger partial charge in [0.2, 0.25) is 11.9 Å². The highest BCUT2D eigenvalue weighted by Gasteiger charge is 2.46. The molecular formula is C32H41N13O. The number of carbonyl (C=O) groups is 1.